The number of benzene rings is 1. The van der Waals surface area contributed by atoms with Crippen LogP contribution in [0.15, 0.2) is 22.7 Å². The number of fused-ring (bicyclic) bond motifs is 1. The molecule has 0 N–H and O–H groups in total. The van der Waals surface area contributed by atoms with Gasteiger partial charge in [0.15, 0.2) is 5.13 Å². The highest BCUT2D eigenvalue weighted by molar-refractivity contribution is 7.22. The van der Waals surface area contributed by atoms with Gasteiger partial charge in [0, 0.05) is 32.2 Å². The SMILES string of the molecule is Cc1cc(C(=O)N2CCN(c3nc4c(C)c(C)ccc4s3)CC2)on1. The number of hydrogen-bond acceptors (Lipinski definition) is 6. The molecule has 0 aliphatic carbocycles. The topological polar surface area (TPSA) is 62.5 Å². The normalized spacial score (nSPS) is 15.2. The Morgan fingerprint density at radius 3 is 2.60 bits per heavy atom. The summed E-state index contributed by atoms with van der Waals surface area (Å²) in [5, 5.41) is 4.83. The quantitative estimate of drug-likeness (QED) is 0.706. The first-order valence-electron chi connectivity index (χ1n) is 8.37. The largest absolute Gasteiger partial charge is 0.351 e. The number of carbonyl (C=O) groups excluding carboxylic acids is 1. The van der Waals surface area contributed by atoms with E-state index in [4.69, 9.17) is 9.51 Å². The molecule has 130 valence electrons. The average Bonchev–Trinajstić information content (AvgIpc) is 3.24. The molecule has 1 aliphatic rings. The average molecular weight is 356 g/mol. The van der Waals surface area contributed by atoms with E-state index in [0.717, 1.165) is 29.4 Å². The minimum atomic E-state index is -0.0870. The van der Waals surface area contributed by atoms with Gasteiger partial charge in [0.1, 0.15) is 0 Å². The van der Waals surface area contributed by atoms with E-state index in [1.54, 1.807) is 17.4 Å². The lowest BCUT2D eigenvalue weighted by Gasteiger charge is -2.33. The van der Waals surface area contributed by atoms with Crippen LogP contribution in [0.1, 0.15) is 27.4 Å². The van der Waals surface area contributed by atoms with Gasteiger partial charge in [0.25, 0.3) is 5.91 Å². The molecule has 3 heterocycles. The monoisotopic (exact) mass is 356 g/mol. The van der Waals surface area contributed by atoms with E-state index >= 15 is 0 Å². The van der Waals surface area contributed by atoms with Crippen molar-refractivity contribution in [1.82, 2.24) is 15.0 Å². The standard InChI is InChI=1S/C18H20N4O2S/c1-11-4-5-15-16(13(11)3)19-18(25-15)22-8-6-21(7-9-22)17(23)14-10-12(2)20-24-14/h4-5,10H,6-9H2,1-3H3. The predicted octanol–water partition coefficient (Wildman–Crippen LogP) is 3.17. The van der Waals surface area contributed by atoms with E-state index in [9.17, 15) is 4.79 Å². The number of hydrogen-bond donors (Lipinski definition) is 0. The number of carbonyl (C=O) groups is 1. The summed E-state index contributed by atoms with van der Waals surface area (Å²) >= 11 is 1.72. The summed E-state index contributed by atoms with van der Waals surface area (Å²) in [6.45, 7) is 8.92. The third-order valence-corrected chi connectivity index (χ3v) is 5.83. The van der Waals surface area contributed by atoms with Crippen LogP contribution in [0, 0.1) is 20.8 Å². The van der Waals surface area contributed by atoms with Gasteiger partial charge in [-0.2, -0.15) is 0 Å². The number of thiazole rings is 1. The number of nitrogens with zero attached hydrogens (tertiary/aromatic N) is 4. The minimum Gasteiger partial charge on any atom is -0.351 e. The lowest BCUT2D eigenvalue weighted by atomic mass is 10.1. The maximum atomic E-state index is 12.4. The van der Waals surface area contributed by atoms with Gasteiger partial charge in [0.2, 0.25) is 5.76 Å². The predicted molar refractivity (Wildman–Crippen MR) is 98.5 cm³/mol. The highest BCUT2D eigenvalue weighted by atomic mass is 32.1. The number of aryl methyl sites for hydroxylation is 3. The van der Waals surface area contributed by atoms with Crippen molar-refractivity contribution in [2.75, 3.05) is 31.1 Å². The summed E-state index contributed by atoms with van der Waals surface area (Å²) < 4.78 is 6.31. The van der Waals surface area contributed by atoms with Crippen molar-refractivity contribution in [3.8, 4) is 0 Å². The molecule has 1 aromatic carbocycles. The second-order valence-corrected chi connectivity index (χ2v) is 7.47. The number of rotatable bonds is 2. The molecule has 0 saturated carbocycles. The molecule has 1 fully saturated rings. The summed E-state index contributed by atoms with van der Waals surface area (Å²) in [6.07, 6.45) is 0. The Bertz CT molecular complexity index is 938. The summed E-state index contributed by atoms with van der Waals surface area (Å²) in [6, 6.07) is 5.98. The Morgan fingerprint density at radius 2 is 1.92 bits per heavy atom. The van der Waals surface area contributed by atoms with Crippen LogP contribution in [0.2, 0.25) is 0 Å². The number of anilines is 1. The Balaban J connectivity index is 1.48. The van der Waals surface area contributed by atoms with E-state index in [2.05, 4.69) is 36.0 Å². The Morgan fingerprint density at radius 1 is 1.16 bits per heavy atom. The van der Waals surface area contributed by atoms with Crippen molar-refractivity contribution >= 4 is 32.6 Å². The summed E-state index contributed by atoms with van der Waals surface area (Å²) in [5.74, 6) is 0.230. The fourth-order valence-corrected chi connectivity index (χ4v) is 4.15. The van der Waals surface area contributed by atoms with Crippen LogP contribution in [0.5, 0.6) is 0 Å². The Kier molecular flexibility index (Phi) is 3.95. The minimum absolute atomic E-state index is 0.0870. The molecular weight excluding hydrogens is 336 g/mol. The van der Waals surface area contributed by atoms with Crippen molar-refractivity contribution in [2.24, 2.45) is 0 Å². The fraction of sp³-hybridized carbons (Fsp3) is 0.389. The van der Waals surface area contributed by atoms with Crippen molar-refractivity contribution < 1.29 is 9.32 Å². The molecule has 0 unspecified atom stereocenters. The van der Waals surface area contributed by atoms with Gasteiger partial charge in [-0.3, -0.25) is 4.79 Å². The molecule has 2 aromatic heterocycles. The highest BCUT2D eigenvalue weighted by Crippen LogP contribution is 2.32. The first kappa shape index (κ1) is 16.1. The van der Waals surface area contributed by atoms with Gasteiger partial charge in [-0.25, -0.2) is 4.98 Å². The molecule has 0 radical (unpaired) electrons. The van der Waals surface area contributed by atoms with Crippen LogP contribution >= 0.6 is 11.3 Å². The van der Waals surface area contributed by atoms with Crippen molar-refractivity contribution in [3.63, 3.8) is 0 Å². The summed E-state index contributed by atoms with van der Waals surface area (Å²) in [5.41, 5.74) is 4.33. The molecular formula is C18H20N4O2S. The molecule has 0 atom stereocenters. The zero-order valence-electron chi connectivity index (χ0n) is 14.6. The molecule has 4 rings (SSSR count). The smallest absolute Gasteiger partial charge is 0.292 e. The van der Waals surface area contributed by atoms with Crippen LogP contribution in [0.3, 0.4) is 0 Å². The molecule has 1 aliphatic heterocycles. The van der Waals surface area contributed by atoms with Crippen molar-refractivity contribution in [1.29, 1.82) is 0 Å². The molecule has 0 bridgehead atoms. The Hall–Kier alpha value is -2.41. The van der Waals surface area contributed by atoms with Crippen LogP contribution in [0.4, 0.5) is 5.13 Å². The maximum Gasteiger partial charge on any atom is 0.292 e. The van der Waals surface area contributed by atoms with Crippen molar-refractivity contribution in [3.05, 3.63) is 40.8 Å². The first-order chi connectivity index (χ1) is 12.0. The second-order valence-electron chi connectivity index (χ2n) is 6.46. The zero-order chi connectivity index (χ0) is 17.6. The number of amides is 1. The van der Waals surface area contributed by atoms with Gasteiger partial charge in [-0.05, 0) is 38.0 Å². The first-order valence-corrected chi connectivity index (χ1v) is 9.19. The lowest BCUT2D eigenvalue weighted by molar-refractivity contribution is 0.0704. The molecule has 6 nitrogen and oxygen atoms in total. The third-order valence-electron chi connectivity index (χ3n) is 4.75. The van der Waals surface area contributed by atoms with E-state index in [-0.39, 0.29) is 5.91 Å². The van der Waals surface area contributed by atoms with Gasteiger partial charge < -0.3 is 14.3 Å². The van der Waals surface area contributed by atoms with Crippen LogP contribution in [0.25, 0.3) is 10.2 Å². The summed E-state index contributed by atoms with van der Waals surface area (Å²) in [4.78, 5) is 21.4. The molecule has 3 aromatic rings. The highest BCUT2D eigenvalue weighted by Gasteiger charge is 2.26. The molecule has 1 amide bonds. The van der Waals surface area contributed by atoms with E-state index in [1.165, 1.54) is 15.8 Å². The number of aromatic nitrogens is 2. The van der Waals surface area contributed by atoms with Gasteiger partial charge >= 0.3 is 0 Å². The number of piperazine rings is 1. The van der Waals surface area contributed by atoms with E-state index in [1.807, 2.05) is 11.8 Å². The fourth-order valence-electron chi connectivity index (χ4n) is 3.07. The zero-order valence-corrected chi connectivity index (χ0v) is 15.4. The van der Waals surface area contributed by atoms with Crippen LogP contribution in [-0.4, -0.2) is 47.1 Å². The lowest BCUT2D eigenvalue weighted by Crippen LogP contribution is -2.48. The van der Waals surface area contributed by atoms with E-state index in [0.29, 0.717) is 18.8 Å². The van der Waals surface area contributed by atoms with Crippen molar-refractivity contribution in [2.45, 2.75) is 20.8 Å². The second kappa shape index (κ2) is 6.15. The molecule has 0 spiro atoms. The molecule has 1 saturated heterocycles. The van der Waals surface area contributed by atoms with Crippen LogP contribution < -0.4 is 4.90 Å². The van der Waals surface area contributed by atoms with E-state index < -0.39 is 0 Å². The van der Waals surface area contributed by atoms with Gasteiger partial charge in [-0.15, -0.1) is 0 Å². The third kappa shape index (κ3) is 2.89. The van der Waals surface area contributed by atoms with Gasteiger partial charge in [-0.1, -0.05) is 22.6 Å². The molecule has 25 heavy (non-hydrogen) atoms. The van der Waals surface area contributed by atoms with Gasteiger partial charge in [0.05, 0.1) is 15.9 Å². The maximum absolute atomic E-state index is 12.4. The molecule has 7 heteroatoms. The van der Waals surface area contributed by atoms with Crippen LogP contribution in [-0.2, 0) is 0 Å². The summed E-state index contributed by atoms with van der Waals surface area (Å²) in [7, 11) is 0. The Labute approximate surface area is 150 Å².